The summed E-state index contributed by atoms with van der Waals surface area (Å²) in [4.78, 5) is 5.78. The summed E-state index contributed by atoms with van der Waals surface area (Å²) in [7, 11) is 0. The molecule has 1 N–H and O–H groups in total. The van der Waals surface area contributed by atoms with Crippen molar-refractivity contribution in [2.75, 3.05) is 0 Å². The van der Waals surface area contributed by atoms with E-state index in [0.717, 1.165) is 35.6 Å². The van der Waals surface area contributed by atoms with Gasteiger partial charge in [0.25, 0.3) is 0 Å². The monoisotopic (exact) mass is 257 g/mol. The van der Waals surface area contributed by atoms with Gasteiger partial charge in [0.15, 0.2) is 0 Å². The molecule has 0 saturated heterocycles. The molecule has 4 heteroatoms. The topological polar surface area (TPSA) is 33.1 Å². The van der Waals surface area contributed by atoms with Gasteiger partial charge in [0.2, 0.25) is 0 Å². The Hall–Kier alpha value is -0.0600. The highest BCUT2D eigenvalue weighted by Gasteiger charge is 2.22. The fraction of sp³-hybridized carbons (Fsp3) is 0.750. The Bertz CT molecular complexity index is 351. The fourth-order valence-corrected chi connectivity index (χ4v) is 3.94. The van der Waals surface area contributed by atoms with Crippen LogP contribution in [0.2, 0.25) is 0 Å². The molecule has 2 nitrogen and oxygen atoms in total. The molecule has 16 heavy (non-hydrogen) atoms. The molecule has 0 amide bonds. The lowest BCUT2D eigenvalue weighted by Crippen LogP contribution is -2.06. The quantitative estimate of drug-likeness (QED) is 0.895. The highest BCUT2D eigenvalue weighted by molar-refractivity contribution is 7.99. The van der Waals surface area contributed by atoms with E-state index in [9.17, 15) is 5.11 Å². The van der Waals surface area contributed by atoms with E-state index < -0.39 is 0 Å². The number of hydrogen-bond acceptors (Lipinski definition) is 4. The van der Waals surface area contributed by atoms with Crippen LogP contribution in [0.15, 0.2) is 0 Å². The van der Waals surface area contributed by atoms with Crippen molar-refractivity contribution < 1.29 is 5.11 Å². The van der Waals surface area contributed by atoms with Crippen LogP contribution in [0.3, 0.4) is 0 Å². The van der Waals surface area contributed by atoms with Crippen molar-refractivity contribution in [1.82, 2.24) is 4.98 Å². The summed E-state index contributed by atoms with van der Waals surface area (Å²) in [5.41, 5.74) is 1.16. The molecule has 0 bridgehead atoms. The summed E-state index contributed by atoms with van der Waals surface area (Å²) in [6, 6.07) is 0. The summed E-state index contributed by atoms with van der Waals surface area (Å²) in [5.74, 6) is 0.999. The molecule has 1 aromatic heterocycles. The van der Waals surface area contributed by atoms with Gasteiger partial charge in [-0.05, 0) is 25.7 Å². The minimum Gasteiger partial charge on any atom is -0.388 e. The first-order valence-electron chi connectivity index (χ1n) is 5.98. The number of fused-ring (bicyclic) bond motifs is 1. The fourth-order valence-electron chi connectivity index (χ4n) is 1.84. The summed E-state index contributed by atoms with van der Waals surface area (Å²) < 4.78 is 0. The maximum atomic E-state index is 9.86. The van der Waals surface area contributed by atoms with Crippen LogP contribution in [0.25, 0.3) is 0 Å². The highest BCUT2D eigenvalue weighted by Crippen LogP contribution is 2.35. The van der Waals surface area contributed by atoms with E-state index in [-0.39, 0.29) is 6.10 Å². The van der Waals surface area contributed by atoms with Crippen molar-refractivity contribution in [2.45, 2.75) is 56.6 Å². The van der Waals surface area contributed by atoms with Gasteiger partial charge in [-0.3, -0.25) is 0 Å². The van der Waals surface area contributed by atoms with E-state index >= 15 is 0 Å². The Morgan fingerprint density at radius 2 is 2.44 bits per heavy atom. The predicted octanol–water partition coefficient (Wildman–Crippen LogP) is 3.54. The van der Waals surface area contributed by atoms with Gasteiger partial charge in [-0.2, -0.15) is 11.8 Å². The molecule has 2 atom stereocenters. The van der Waals surface area contributed by atoms with Gasteiger partial charge in [0.1, 0.15) is 5.01 Å². The average Bonchev–Trinajstić information content (AvgIpc) is 2.70. The maximum Gasteiger partial charge on any atom is 0.103 e. The Morgan fingerprint density at radius 1 is 1.62 bits per heavy atom. The van der Waals surface area contributed by atoms with Gasteiger partial charge in [-0.25, -0.2) is 4.98 Å². The van der Waals surface area contributed by atoms with Crippen LogP contribution in [-0.2, 0) is 12.2 Å². The Kier molecular flexibility index (Phi) is 4.27. The molecule has 0 saturated carbocycles. The minimum absolute atomic E-state index is 0.247. The van der Waals surface area contributed by atoms with E-state index in [1.54, 1.807) is 11.3 Å². The highest BCUT2D eigenvalue weighted by atomic mass is 32.2. The summed E-state index contributed by atoms with van der Waals surface area (Å²) >= 11 is 3.67. The van der Waals surface area contributed by atoms with Gasteiger partial charge in [0.05, 0.1) is 16.7 Å². The molecule has 1 heterocycles. The molecule has 0 spiro atoms. The predicted molar refractivity (Wildman–Crippen MR) is 71.1 cm³/mol. The molecule has 90 valence electrons. The second-order valence-corrected chi connectivity index (χ2v) is 6.90. The van der Waals surface area contributed by atoms with E-state index in [0.29, 0.717) is 5.25 Å². The number of aromatic nitrogens is 1. The Morgan fingerprint density at radius 3 is 3.12 bits per heavy atom. The molecule has 1 aliphatic rings. The minimum atomic E-state index is -0.247. The van der Waals surface area contributed by atoms with Crippen molar-refractivity contribution >= 4 is 23.1 Å². The molecule has 0 aliphatic heterocycles. The van der Waals surface area contributed by atoms with Gasteiger partial charge in [-0.1, -0.05) is 13.8 Å². The zero-order valence-electron chi connectivity index (χ0n) is 9.90. The molecule has 0 radical (unpaired) electrons. The van der Waals surface area contributed by atoms with Crippen LogP contribution in [0.5, 0.6) is 0 Å². The van der Waals surface area contributed by atoms with Gasteiger partial charge < -0.3 is 5.11 Å². The van der Waals surface area contributed by atoms with Crippen LogP contribution in [0, 0.1) is 0 Å². The zero-order valence-corrected chi connectivity index (χ0v) is 11.5. The van der Waals surface area contributed by atoms with Gasteiger partial charge in [-0.15, -0.1) is 11.3 Å². The second kappa shape index (κ2) is 5.52. The van der Waals surface area contributed by atoms with Gasteiger partial charge >= 0.3 is 0 Å². The van der Waals surface area contributed by atoms with Crippen LogP contribution in [-0.4, -0.2) is 15.3 Å². The third-order valence-electron chi connectivity index (χ3n) is 3.03. The van der Waals surface area contributed by atoms with E-state index in [1.165, 1.54) is 11.4 Å². The molecule has 0 aromatic carbocycles. The first kappa shape index (κ1) is 12.4. The number of nitrogens with zero attached hydrogens (tertiary/aromatic N) is 1. The number of thioether (sulfide) groups is 1. The summed E-state index contributed by atoms with van der Waals surface area (Å²) in [5, 5.41) is 11.8. The molecule has 2 rings (SSSR count). The number of rotatable bonds is 4. The smallest absolute Gasteiger partial charge is 0.103 e. The van der Waals surface area contributed by atoms with E-state index in [2.05, 4.69) is 18.8 Å². The van der Waals surface area contributed by atoms with E-state index in [1.807, 2.05) is 11.8 Å². The van der Waals surface area contributed by atoms with Crippen LogP contribution >= 0.6 is 23.1 Å². The van der Waals surface area contributed by atoms with Crippen molar-refractivity contribution in [2.24, 2.45) is 0 Å². The molecular weight excluding hydrogens is 238 g/mol. The Labute approximate surface area is 105 Å². The lowest BCUT2D eigenvalue weighted by molar-refractivity contribution is 0.160. The first-order chi connectivity index (χ1) is 7.70. The number of aliphatic hydroxyl groups is 1. The SMILES string of the molecule is CCC(C)SCc1nc2c(s1)C(O)CCC2. The zero-order chi connectivity index (χ0) is 11.5. The van der Waals surface area contributed by atoms with Crippen LogP contribution in [0.4, 0.5) is 0 Å². The second-order valence-electron chi connectivity index (χ2n) is 4.36. The van der Waals surface area contributed by atoms with Crippen molar-refractivity contribution in [3.8, 4) is 0 Å². The number of thiazole rings is 1. The average molecular weight is 257 g/mol. The van der Waals surface area contributed by atoms with Gasteiger partial charge in [0, 0.05) is 11.0 Å². The Balaban J connectivity index is 2.01. The van der Waals surface area contributed by atoms with Crippen molar-refractivity contribution in [1.29, 1.82) is 0 Å². The molecule has 2 unspecified atom stereocenters. The normalized spacial score (nSPS) is 21.8. The first-order valence-corrected chi connectivity index (χ1v) is 7.85. The molecule has 0 fully saturated rings. The lowest BCUT2D eigenvalue weighted by Gasteiger charge is -2.14. The standard InChI is InChI=1S/C12H19NOS2/c1-3-8(2)15-7-11-13-9-5-4-6-10(14)12(9)16-11/h8,10,14H,3-7H2,1-2H3. The largest absolute Gasteiger partial charge is 0.388 e. The van der Waals surface area contributed by atoms with Crippen molar-refractivity contribution in [3.05, 3.63) is 15.6 Å². The number of hydrogen-bond donors (Lipinski definition) is 1. The number of aliphatic hydroxyl groups excluding tert-OH is 1. The number of aryl methyl sites for hydroxylation is 1. The van der Waals surface area contributed by atoms with E-state index in [4.69, 9.17) is 0 Å². The van der Waals surface area contributed by atoms with Crippen LogP contribution in [0.1, 0.15) is 54.8 Å². The van der Waals surface area contributed by atoms with Crippen LogP contribution < -0.4 is 0 Å². The lowest BCUT2D eigenvalue weighted by atomic mass is 10.0. The molecule has 1 aliphatic carbocycles. The molecular formula is C12H19NOS2. The molecule has 1 aromatic rings. The maximum absolute atomic E-state index is 9.86. The third-order valence-corrected chi connectivity index (χ3v) is 5.76. The summed E-state index contributed by atoms with van der Waals surface area (Å²) in [6.45, 7) is 4.47. The third kappa shape index (κ3) is 2.79. The summed E-state index contributed by atoms with van der Waals surface area (Å²) in [6.07, 6.45) is 4.00. The van der Waals surface area contributed by atoms with Crippen molar-refractivity contribution in [3.63, 3.8) is 0 Å².